The summed E-state index contributed by atoms with van der Waals surface area (Å²) in [5.74, 6) is 0.241. The fourth-order valence-corrected chi connectivity index (χ4v) is 3.16. The molecule has 0 fully saturated rings. The SMILES string of the molecule is CC1Oc2ccc(NS(=O)(=O)c3ccccc3)cc2NC1=O. The topological polar surface area (TPSA) is 84.5 Å². The van der Waals surface area contributed by atoms with Crippen LogP contribution in [0, 0.1) is 0 Å². The van der Waals surface area contributed by atoms with Crippen molar-refractivity contribution in [2.75, 3.05) is 10.0 Å². The Hall–Kier alpha value is -2.54. The van der Waals surface area contributed by atoms with Crippen molar-refractivity contribution in [1.82, 2.24) is 0 Å². The van der Waals surface area contributed by atoms with Gasteiger partial charge in [0.2, 0.25) is 0 Å². The number of rotatable bonds is 3. The van der Waals surface area contributed by atoms with Gasteiger partial charge in [-0.2, -0.15) is 0 Å². The van der Waals surface area contributed by atoms with E-state index < -0.39 is 16.1 Å². The van der Waals surface area contributed by atoms with Gasteiger partial charge in [-0.25, -0.2) is 8.42 Å². The number of carbonyl (C=O) groups excluding carboxylic acids is 1. The maximum Gasteiger partial charge on any atom is 0.265 e. The molecule has 1 unspecified atom stereocenters. The zero-order chi connectivity index (χ0) is 15.7. The number of hydrogen-bond acceptors (Lipinski definition) is 4. The molecule has 1 atom stereocenters. The Bertz CT molecular complexity index is 819. The van der Waals surface area contributed by atoms with Crippen LogP contribution < -0.4 is 14.8 Å². The van der Waals surface area contributed by atoms with Crippen molar-refractivity contribution in [3.8, 4) is 5.75 Å². The van der Waals surface area contributed by atoms with E-state index in [0.29, 0.717) is 17.1 Å². The normalized spacial score (nSPS) is 17.1. The summed E-state index contributed by atoms with van der Waals surface area (Å²) in [5, 5.41) is 2.68. The number of anilines is 2. The molecule has 0 saturated heterocycles. The van der Waals surface area contributed by atoms with Crippen LogP contribution in [0.4, 0.5) is 11.4 Å². The van der Waals surface area contributed by atoms with Crippen LogP contribution in [-0.4, -0.2) is 20.4 Å². The standard InChI is InChI=1S/C15H14N2O4S/c1-10-15(18)16-13-9-11(7-8-14(13)21-10)17-22(19,20)12-5-3-2-4-6-12/h2-10,17H,1H3,(H,16,18). The number of fused-ring (bicyclic) bond motifs is 1. The first kappa shape index (κ1) is 14.4. The lowest BCUT2D eigenvalue weighted by atomic mass is 10.2. The maximum absolute atomic E-state index is 12.3. The molecule has 1 aliphatic heterocycles. The summed E-state index contributed by atoms with van der Waals surface area (Å²) in [6.45, 7) is 1.64. The molecule has 2 N–H and O–H groups in total. The molecule has 1 heterocycles. The summed E-state index contributed by atoms with van der Waals surface area (Å²) < 4.78 is 32.4. The Balaban J connectivity index is 1.88. The van der Waals surface area contributed by atoms with Crippen LogP contribution in [0.2, 0.25) is 0 Å². The summed E-state index contributed by atoms with van der Waals surface area (Å²) in [6, 6.07) is 12.8. The lowest BCUT2D eigenvalue weighted by Crippen LogP contribution is -2.34. The molecule has 6 nitrogen and oxygen atoms in total. The van der Waals surface area contributed by atoms with E-state index in [1.54, 1.807) is 37.3 Å². The van der Waals surface area contributed by atoms with E-state index in [4.69, 9.17) is 4.74 Å². The van der Waals surface area contributed by atoms with Crippen LogP contribution in [0.25, 0.3) is 0 Å². The molecule has 0 aliphatic carbocycles. The van der Waals surface area contributed by atoms with Crippen molar-refractivity contribution in [1.29, 1.82) is 0 Å². The molecule has 1 aliphatic rings. The zero-order valence-electron chi connectivity index (χ0n) is 11.7. The van der Waals surface area contributed by atoms with Crippen molar-refractivity contribution in [3.63, 3.8) is 0 Å². The second-order valence-corrected chi connectivity index (χ2v) is 6.56. The lowest BCUT2D eigenvalue weighted by molar-refractivity contribution is -0.122. The fourth-order valence-electron chi connectivity index (χ4n) is 2.09. The number of hydrogen-bond donors (Lipinski definition) is 2. The number of ether oxygens (including phenoxy) is 1. The highest BCUT2D eigenvalue weighted by Gasteiger charge is 2.24. The number of carbonyl (C=O) groups is 1. The van der Waals surface area contributed by atoms with E-state index >= 15 is 0 Å². The second-order valence-electron chi connectivity index (χ2n) is 4.88. The third-order valence-corrected chi connectivity index (χ3v) is 4.61. The minimum Gasteiger partial charge on any atom is -0.479 e. The quantitative estimate of drug-likeness (QED) is 0.908. The highest BCUT2D eigenvalue weighted by molar-refractivity contribution is 7.92. The maximum atomic E-state index is 12.3. The van der Waals surface area contributed by atoms with Gasteiger partial charge in [0.25, 0.3) is 15.9 Å². The molecule has 2 aromatic carbocycles. The number of amides is 1. The molecule has 0 radical (unpaired) electrons. The molecule has 0 saturated carbocycles. The molecule has 0 aromatic heterocycles. The van der Waals surface area contributed by atoms with Gasteiger partial charge in [-0.05, 0) is 37.3 Å². The van der Waals surface area contributed by atoms with E-state index in [1.807, 2.05) is 0 Å². The Morgan fingerprint density at radius 1 is 1.14 bits per heavy atom. The number of nitrogens with one attached hydrogen (secondary N) is 2. The molecule has 114 valence electrons. The third-order valence-electron chi connectivity index (χ3n) is 3.22. The summed E-state index contributed by atoms with van der Waals surface area (Å²) in [5.41, 5.74) is 0.789. The van der Waals surface area contributed by atoms with Crippen molar-refractivity contribution < 1.29 is 17.9 Å². The molecule has 0 spiro atoms. The molecule has 2 aromatic rings. The van der Waals surface area contributed by atoms with Crippen molar-refractivity contribution >= 4 is 27.3 Å². The van der Waals surface area contributed by atoms with Gasteiger partial charge in [-0.15, -0.1) is 0 Å². The van der Waals surface area contributed by atoms with Gasteiger partial charge in [0.1, 0.15) is 5.75 Å². The van der Waals surface area contributed by atoms with Crippen LogP contribution in [0.5, 0.6) is 5.75 Å². The van der Waals surface area contributed by atoms with E-state index in [9.17, 15) is 13.2 Å². The van der Waals surface area contributed by atoms with E-state index in [1.165, 1.54) is 18.2 Å². The smallest absolute Gasteiger partial charge is 0.265 e. The van der Waals surface area contributed by atoms with Crippen LogP contribution in [0.15, 0.2) is 53.4 Å². The van der Waals surface area contributed by atoms with E-state index in [-0.39, 0.29) is 10.8 Å². The van der Waals surface area contributed by atoms with Gasteiger partial charge >= 0.3 is 0 Å². The minimum absolute atomic E-state index is 0.168. The average Bonchev–Trinajstić information content (AvgIpc) is 2.49. The third kappa shape index (κ3) is 2.75. The van der Waals surface area contributed by atoms with Crippen molar-refractivity contribution in [2.24, 2.45) is 0 Å². The molecular weight excluding hydrogens is 304 g/mol. The van der Waals surface area contributed by atoms with Crippen LogP contribution in [0.1, 0.15) is 6.92 Å². The highest BCUT2D eigenvalue weighted by atomic mass is 32.2. The molecule has 0 bridgehead atoms. The first-order valence-electron chi connectivity index (χ1n) is 6.65. The molecule has 22 heavy (non-hydrogen) atoms. The molecular formula is C15H14N2O4S. The predicted octanol–water partition coefficient (Wildman–Crippen LogP) is 2.21. The van der Waals surface area contributed by atoms with E-state index in [2.05, 4.69) is 10.0 Å². The van der Waals surface area contributed by atoms with Gasteiger partial charge < -0.3 is 10.1 Å². The van der Waals surface area contributed by atoms with Gasteiger partial charge in [-0.3, -0.25) is 9.52 Å². The Morgan fingerprint density at radius 3 is 2.59 bits per heavy atom. The predicted molar refractivity (Wildman–Crippen MR) is 82.4 cm³/mol. The highest BCUT2D eigenvalue weighted by Crippen LogP contribution is 2.32. The van der Waals surface area contributed by atoms with Gasteiger partial charge in [0.05, 0.1) is 16.3 Å². The fraction of sp³-hybridized carbons (Fsp3) is 0.133. The first-order chi connectivity index (χ1) is 10.5. The van der Waals surface area contributed by atoms with Crippen LogP contribution in [-0.2, 0) is 14.8 Å². The van der Waals surface area contributed by atoms with Gasteiger partial charge in [0.15, 0.2) is 6.10 Å². The van der Waals surface area contributed by atoms with E-state index in [0.717, 1.165) is 0 Å². The first-order valence-corrected chi connectivity index (χ1v) is 8.13. The van der Waals surface area contributed by atoms with Crippen molar-refractivity contribution in [3.05, 3.63) is 48.5 Å². The lowest BCUT2D eigenvalue weighted by Gasteiger charge is -2.23. The summed E-state index contributed by atoms with van der Waals surface area (Å²) in [7, 11) is -3.67. The monoisotopic (exact) mass is 318 g/mol. The van der Waals surface area contributed by atoms with Gasteiger partial charge in [-0.1, -0.05) is 18.2 Å². The van der Waals surface area contributed by atoms with Crippen LogP contribution >= 0.6 is 0 Å². The van der Waals surface area contributed by atoms with Gasteiger partial charge in [0, 0.05) is 0 Å². The average molecular weight is 318 g/mol. The van der Waals surface area contributed by atoms with Crippen LogP contribution in [0.3, 0.4) is 0 Å². The Morgan fingerprint density at radius 2 is 1.86 bits per heavy atom. The molecule has 7 heteroatoms. The summed E-state index contributed by atoms with van der Waals surface area (Å²) in [6.07, 6.45) is -0.570. The minimum atomic E-state index is -3.67. The summed E-state index contributed by atoms with van der Waals surface area (Å²) in [4.78, 5) is 11.8. The number of benzene rings is 2. The number of sulfonamides is 1. The summed E-state index contributed by atoms with van der Waals surface area (Å²) >= 11 is 0. The largest absolute Gasteiger partial charge is 0.479 e. The molecule has 1 amide bonds. The van der Waals surface area contributed by atoms with Crippen molar-refractivity contribution in [2.45, 2.75) is 17.9 Å². The Kier molecular flexibility index (Phi) is 3.50. The Labute approximate surface area is 128 Å². The zero-order valence-corrected chi connectivity index (χ0v) is 12.6. The second kappa shape index (κ2) is 5.34. The molecule has 3 rings (SSSR count).